The van der Waals surface area contributed by atoms with Crippen molar-refractivity contribution in [2.75, 3.05) is 48.4 Å². The van der Waals surface area contributed by atoms with Crippen LogP contribution in [0, 0.1) is 5.92 Å². The summed E-state index contributed by atoms with van der Waals surface area (Å²) < 4.78 is 5.57. The van der Waals surface area contributed by atoms with E-state index in [4.69, 9.17) is 4.74 Å². The predicted molar refractivity (Wildman–Crippen MR) is 154 cm³/mol. The van der Waals surface area contributed by atoms with Gasteiger partial charge in [0.05, 0.1) is 18.4 Å². The summed E-state index contributed by atoms with van der Waals surface area (Å²) in [5, 5.41) is 6.13. The van der Waals surface area contributed by atoms with E-state index in [1.54, 1.807) is 19.5 Å². The van der Waals surface area contributed by atoms with Gasteiger partial charge in [-0.25, -0.2) is 0 Å². The Morgan fingerprint density at radius 2 is 1.67 bits per heavy atom. The Hall–Kier alpha value is -4.07. The molecule has 0 bridgehead atoms. The average Bonchev–Trinajstić information content (AvgIpc) is 3.01. The van der Waals surface area contributed by atoms with Crippen molar-refractivity contribution >= 4 is 28.9 Å². The lowest BCUT2D eigenvalue weighted by atomic mass is 9.88. The molecule has 2 heterocycles. The van der Waals surface area contributed by atoms with Crippen molar-refractivity contribution in [1.29, 1.82) is 0 Å². The number of carbonyl (C=O) groups is 2. The van der Waals surface area contributed by atoms with Gasteiger partial charge in [0, 0.05) is 62.4 Å². The molecule has 2 aromatic carbocycles. The number of amides is 2. The molecule has 8 heteroatoms. The number of piperazine rings is 1. The number of hydrogen-bond acceptors (Lipinski definition) is 6. The second-order valence-electron chi connectivity index (χ2n) is 10.2. The number of hydrogen-bond donors (Lipinski definition) is 2. The zero-order chi connectivity index (χ0) is 27.0. The molecule has 39 heavy (non-hydrogen) atoms. The first-order valence-electron chi connectivity index (χ1n) is 13.9. The highest BCUT2D eigenvalue weighted by Gasteiger charge is 2.25. The molecule has 1 aromatic heterocycles. The Balaban J connectivity index is 1.33. The Labute approximate surface area is 230 Å². The number of para-hydroxylation sites is 2. The molecule has 2 amide bonds. The smallest absolute Gasteiger partial charge is 0.253 e. The molecule has 1 aliphatic carbocycles. The lowest BCUT2D eigenvalue weighted by Crippen LogP contribution is -2.47. The number of aromatic nitrogens is 1. The van der Waals surface area contributed by atoms with Crippen molar-refractivity contribution < 1.29 is 14.3 Å². The van der Waals surface area contributed by atoms with Gasteiger partial charge in [0.1, 0.15) is 5.75 Å². The largest absolute Gasteiger partial charge is 0.495 e. The first-order chi connectivity index (χ1) is 19.1. The number of pyridine rings is 1. The first kappa shape index (κ1) is 26.5. The molecule has 2 aliphatic rings. The fraction of sp³-hybridized carbons (Fsp3) is 0.387. The molecule has 1 saturated heterocycles. The molecule has 3 aromatic rings. The van der Waals surface area contributed by atoms with Gasteiger partial charge in [-0.1, -0.05) is 37.5 Å². The van der Waals surface area contributed by atoms with Crippen LogP contribution in [-0.4, -0.2) is 50.1 Å². The molecule has 0 spiro atoms. The van der Waals surface area contributed by atoms with E-state index in [1.165, 1.54) is 6.42 Å². The van der Waals surface area contributed by atoms with Gasteiger partial charge in [0.25, 0.3) is 5.91 Å². The van der Waals surface area contributed by atoms with E-state index in [0.29, 0.717) is 17.8 Å². The number of ether oxygens (including phenoxy) is 1. The molecule has 2 N–H and O–H groups in total. The van der Waals surface area contributed by atoms with E-state index >= 15 is 0 Å². The Kier molecular flexibility index (Phi) is 8.61. The summed E-state index contributed by atoms with van der Waals surface area (Å²) in [4.78, 5) is 35.1. The summed E-state index contributed by atoms with van der Waals surface area (Å²) >= 11 is 0. The van der Waals surface area contributed by atoms with Crippen LogP contribution in [0.15, 0.2) is 67.0 Å². The van der Waals surface area contributed by atoms with Crippen molar-refractivity contribution in [2.24, 2.45) is 5.92 Å². The molecule has 0 radical (unpaired) electrons. The van der Waals surface area contributed by atoms with Gasteiger partial charge in [-0.05, 0) is 54.8 Å². The van der Waals surface area contributed by atoms with E-state index < -0.39 is 0 Å². The quantitative estimate of drug-likeness (QED) is 0.435. The Morgan fingerprint density at radius 1 is 0.923 bits per heavy atom. The summed E-state index contributed by atoms with van der Waals surface area (Å²) in [6.45, 7) is 3.50. The number of anilines is 3. The molecule has 0 atom stereocenters. The minimum Gasteiger partial charge on any atom is -0.495 e. The molecule has 0 unspecified atom stereocenters. The van der Waals surface area contributed by atoms with Crippen LogP contribution in [0.5, 0.6) is 5.75 Å². The number of methoxy groups -OCH3 is 1. The summed E-state index contributed by atoms with van der Waals surface area (Å²) in [7, 11) is 1.69. The number of benzene rings is 2. The van der Waals surface area contributed by atoms with Gasteiger partial charge >= 0.3 is 0 Å². The Morgan fingerprint density at radius 3 is 2.38 bits per heavy atom. The predicted octanol–water partition coefficient (Wildman–Crippen LogP) is 4.87. The van der Waals surface area contributed by atoms with Crippen LogP contribution in [-0.2, 0) is 11.3 Å². The minimum absolute atomic E-state index is 0.0457. The molecule has 1 aliphatic heterocycles. The number of nitrogens with one attached hydrogen (secondary N) is 2. The SMILES string of the molecule is COc1ccccc1N1CCN(c2ccc(NC(=O)C3CCCCC3)cc2C(=O)NCc2cccnc2)CC1. The van der Waals surface area contributed by atoms with Crippen molar-refractivity contribution in [3.63, 3.8) is 0 Å². The van der Waals surface area contributed by atoms with Gasteiger partial charge in [-0.3, -0.25) is 14.6 Å². The second-order valence-corrected chi connectivity index (χ2v) is 10.2. The maximum Gasteiger partial charge on any atom is 0.253 e. The van der Waals surface area contributed by atoms with E-state index in [9.17, 15) is 9.59 Å². The van der Waals surface area contributed by atoms with Crippen molar-refractivity contribution in [3.8, 4) is 5.75 Å². The van der Waals surface area contributed by atoms with Crippen LogP contribution in [0.2, 0.25) is 0 Å². The van der Waals surface area contributed by atoms with Crippen LogP contribution < -0.4 is 25.2 Å². The normalized spacial score (nSPS) is 16.0. The maximum absolute atomic E-state index is 13.5. The molecule has 5 rings (SSSR count). The molecular weight excluding hydrogens is 490 g/mol. The number of nitrogens with zero attached hydrogens (tertiary/aromatic N) is 3. The van der Waals surface area contributed by atoms with Gasteiger partial charge < -0.3 is 25.2 Å². The third kappa shape index (κ3) is 6.50. The number of rotatable bonds is 8. The summed E-state index contributed by atoms with van der Waals surface area (Å²) in [6.07, 6.45) is 8.72. The molecule has 204 valence electrons. The van der Waals surface area contributed by atoms with Gasteiger partial charge in [0.2, 0.25) is 5.91 Å². The zero-order valence-corrected chi connectivity index (χ0v) is 22.6. The average molecular weight is 528 g/mol. The van der Waals surface area contributed by atoms with E-state index in [-0.39, 0.29) is 17.7 Å². The van der Waals surface area contributed by atoms with E-state index in [1.807, 2.05) is 48.5 Å². The van der Waals surface area contributed by atoms with E-state index in [0.717, 1.165) is 74.6 Å². The van der Waals surface area contributed by atoms with Crippen LogP contribution in [0.1, 0.15) is 48.0 Å². The van der Waals surface area contributed by atoms with Crippen LogP contribution in [0.3, 0.4) is 0 Å². The molecule has 2 fully saturated rings. The molecule has 1 saturated carbocycles. The van der Waals surface area contributed by atoms with Crippen molar-refractivity contribution in [3.05, 3.63) is 78.1 Å². The third-order valence-corrected chi connectivity index (χ3v) is 7.71. The highest BCUT2D eigenvalue weighted by molar-refractivity contribution is 6.02. The second kappa shape index (κ2) is 12.7. The van der Waals surface area contributed by atoms with Gasteiger partial charge in [-0.2, -0.15) is 0 Å². The monoisotopic (exact) mass is 527 g/mol. The highest BCUT2D eigenvalue weighted by Crippen LogP contribution is 2.31. The summed E-state index contributed by atoms with van der Waals surface area (Å²) in [6, 6.07) is 17.6. The van der Waals surface area contributed by atoms with Crippen LogP contribution in [0.4, 0.5) is 17.1 Å². The fourth-order valence-electron chi connectivity index (χ4n) is 5.54. The summed E-state index contributed by atoms with van der Waals surface area (Å²) in [5.41, 5.74) is 4.10. The van der Waals surface area contributed by atoms with Gasteiger partial charge in [-0.15, -0.1) is 0 Å². The molecule has 8 nitrogen and oxygen atoms in total. The van der Waals surface area contributed by atoms with Crippen molar-refractivity contribution in [1.82, 2.24) is 10.3 Å². The lowest BCUT2D eigenvalue weighted by molar-refractivity contribution is -0.120. The van der Waals surface area contributed by atoms with Crippen molar-refractivity contribution in [2.45, 2.75) is 38.6 Å². The van der Waals surface area contributed by atoms with E-state index in [2.05, 4.69) is 31.5 Å². The Bertz CT molecular complexity index is 1270. The van der Waals surface area contributed by atoms with Gasteiger partial charge in [0.15, 0.2) is 0 Å². The zero-order valence-electron chi connectivity index (χ0n) is 22.6. The fourth-order valence-corrected chi connectivity index (χ4v) is 5.54. The number of carbonyl (C=O) groups excluding carboxylic acids is 2. The van der Waals surface area contributed by atoms with Crippen LogP contribution >= 0.6 is 0 Å². The minimum atomic E-state index is -0.172. The topological polar surface area (TPSA) is 86.8 Å². The third-order valence-electron chi connectivity index (χ3n) is 7.71. The lowest BCUT2D eigenvalue weighted by Gasteiger charge is -2.38. The molecular formula is C31H37N5O3. The van der Waals surface area contributed by atoms with Crippen LogP contribution in [0.25, 0.3) is 0 Å². The standard InChI is InChI=1S/C31H37N5O3/c1-39-29-12-6-5-11-28(29)36-18-16-35(17-19-36)27-14-13-25(34-30(37)24-9-3-2-4-10-24)20-26(27)31(38)33-22-23-8-7-15-32-21-23/h5-8,11-15,20-21,24H,2-4,9-10,16-19,22H2,1H3,(H,33,38)(H,34,37). The highest BCUT2D eigenvalue weighted by atomic mass is 16.5. The first-order valence-corrected chi connectivity index (χ1v) is 13.9. The summed E-state index contributed by atoms with van der Waals surface area (Å²) in [5.74, 6) is 0.785. The maximum atomic E-state index is 13.5.